The van der Waals surface area contributed by atoms with Gasteiger partial charge in [0.2, 0.25) is 5.91 Å². The first-order chi connectivity index (χ1) is 17.9. The summed E-state index contributed by atoms with van der Waals surface area (Å²) in [6.45, 7) is 11.1. The first-order valence-electron chi connectivity index (χ1n) is 12.6. The lowest BCUT2D eigenvalue weighted by Crippen LogP contribution is -2.53. The maximum absolute atomic E-state index is 13.5. The van der Waals surface area contributed by atoms with Gasteiger partial charge in [-0.2, -0.15) is 0 Å². The summed E-state index contributed by atoms with van der Waals surface area (Å²) in [6, 6.07) is 4.57. The summed E-state index contributed by atoms with van der Waals surface area (Å²) in [7, 11) is 2.88. The smallest absolute Gasteiger partial charge is 0.411 e. The van der Waals surface area contributed by atoms with Crippen LogP contribution in [0.5, 0.6) is 11.5 Å². The summed E-state index contributed by atoms with van der Waals surface area (Å²) in [5, 5.41) is 3.62. The number of amides is 2. The van der Waals surface area contributed by atoms with Crippen molar-refractivity contribution in [1.82, 2.24) is 15.2 Å². The molecule has 1 aliphatic carbocycles. The fourth-order valence-electron chi connectivity index (χ4n) is 4.96. The molecule has 1 saturated carbocycles. The third kappa shape index (κ3) is 5.12. The number of aryl methyl sites for hydroxylation is 1. The number of hydrogen-bond donors (Lipinski definition) is 1. The number of hydrogen-bond acceptors (Lipinski definition) is 8. The number of nitrogens with zero attached hydrogens (tertiary/aromatic N) is 2. The van der Waals surface area contributed by atoms with Gasteiger partial charge < -0.3 is 24.3 Å². The molecule has 204 valence electrons. The Morgan fingerprint density at radius 3 is 2.53 bits per heavy atom. The Balaban J connectivity index is 1.60. The Morgan fingerprint density at radius 2 is 1.92 bits per heavy atom. The van der Waals surface area contributed by atoms with Crippen LogP contribution in [-0.2, 0) is 19.1 Å². The number of likely N-dealkylation sites (tertiary alicyclic amines) is 1. The molecule has 2 amide bonds. The number of ether oxygens (including phenoxy) is 4. The van der Waals surface area contributed by atoms with E-state index in [-0.39, 0.29) is 18.9 Å². The zero-order valence-corrected chi connectivity index (χ0v) is 22.7. The van der Waals surface area contributed by atoms with Crippen LogP contribution in [0.3, 0.4) is 0 Å². The molecule has 4 rings (SSSR count). The molecule has 1 saturated heterocycles. The zero-order chi connectivity index (χ0) is 27.8. The van der Waals surface area contributed by atoms with E-state index in [0.29, 0.717) is 17.9 Å². The monoisotopic (exact) mass is 525 g/mol. The molecule has 0 bridgehead atoms. The Morgan fingerprint density at radius 1 is 1.18 bits per heavy atom. The maximum Gasteiger partial charge on any atom is 0.411 e. The highest BCUT2D eigenvalue weighted by atomic mass is 16.6. The van der Waals surface area contributed by atoms with Crippen molar-refractivity contribution in [1.29, 1.82) is 0 Å². The lowest BCUT2D eigenvalue weighted by molar-refractivity contribution is -0.147. The molecule has 2 heterocycles. The van der Waals surface area contributed by atoms with E-state index in [2.05, 4.69) is 16.9 Å². The molecule has 0 unspecified atom stereocenters. The molecule has 2 fully saturated rings. The second-order valence-corrected chi connectivity index (χ2v) is 10.7. The number of aromatic nitrogens is 1. The zero-order valence-electron chi connectivity index (χ0n) is 22.7. The Kier molecular flexibility index (Phi) is 7.27. The minimum Gasteiger partial charge on any atom is -0.496 e. The summed E-state index contributed by atoms with van der Waals surface area (Å²) in [4.78, 5) is 45.0. The molecule has 1 aromatic carbocycles. The molecular formula is C28H35N3O7. The molecule has 4 atom stereocenters. The van der Waals surface area contributed by atoms with Crippen molar-refractivity contribution >= 4 is 28.9 Å². The average Bonchev–Trinajstić information content (AvgIpc) is 3.41. The van der Waals surface area contributed by atoms with Crippen LogP contribution in [0.25, 0.3) is 10.9 Å². The van der Waals surface area contributed by atoms with Crippen molar-refractivity contribution in [2.45, 2.75) is 63.8 Å². The van der Waals surface area contributed by atoms with Gasteiger partial charge in [-0.1, -0.05) is 6.08 Å². The van der Waals surface area contributed by atoms with E-state index in [1.54, 1.807) is 46.2 Å². The number of carbonyl (C=O) groups excluding carboxylic acids is 3. The van der Waals surface area contributed by atoms with Crippen LogP contribution in [-0.4, -0.2) is 71.9 Å². The standard InChI is InChI=1S/C28H35N3O7/c1-8-17-14-28(17,25(33)36-7)30-24(32)20-13-18(15-31(20)26(34)38-27(3,4)5)37-22-11-12-29-23-16(2)21(35-6)10-9-19(22)23/h8-12,17-18,20H,1,13-15H2,2-7H3,(H,30,32)/t17-,18-,20+,28-/m1/s1. The third-order valence-corrected chi connectivity index (χ3v) is 6.98. The number of nitrogens with one attached hydrogen (secondary N) is 1. The van der Waals surface area contributed by atoms with Gasteiger partial charge in [0.25, 0.3) is 0 Å². The number of esters is 1. The maximum atomic E-state index is 13.5. The van der Waals surface area contributed by atoms with Crippen molar-refractivity contribution < 1.29 is 33.3 Å². The van der Waals surface area contributed by atoms with Gasteiger partial charge in [-0.25, -0.2) is 9.59 Å². The Bertz CT molecular complexity index is 1270. The first-order valence-corrected chi connectivity index (χ1v) is 12.6. The van der Waals surface area contributed by atoms with E-state index in [9.17, 15) is 14.4 Å². The lowest BCUT2D eigenvalue weighted by Gasteiger charge is -2.28. The van der Waals surface area contributed by atoms with Gasteiger partial charge in [0.15, 0.2) is 0 Å². The minimum absolute atomic E-state index is 0.127. The quantitative estimate of drug-likeness (QED) is 0.431. The van der Waals surface area contributed by atoms with E-state index in [0.717, 1.165) is 16.5 Å². The summed E-state index contributed by atoms with van der Waals surface area (Å²) >= 11 is 0. The molecule has 10 heteroatoms. The number of carbonyl (C=O) groups is 3. The van der Waals surface area contributed by atoms with Crippen LogP contribution in [0.2, 0.25) is 0 Å². The largest absolute Gasteiger partial charge is 0.496 e. The SMILES string of the molecule is C=C[C@@H]1C[C@]1(NC(=O)[C@@H]1C[C@@H](Oc2ccnc3c(C)c(OC)ccc23)CN1C(=O)OC(C)(C)C)C(=O)OC. The van der Waals surface area contributed by atoms with Crippen LogP contribution in [0.4, 0.5) is 4.79 Å². The van der Waals surface area contributed by atoms with Crippen LogP contribution >= 0.6 is 0 Å². The van der Waals surface area contributed by atoms with Crippen molar-refractivity contribution in [3.63, 3.8) is 0 Å². The molecule has 2 aliphatic rings. The molecule has 38 heavy (non-hydrogen) atoms. The molecule has 0 radical (unpaired) electrons. The van der Waals surface area contributed by atoms with Gasteiger partial charge >= 0.3 is 12.1 Å². The van der Waals surface area contributed by atoms with Gasteiger partial charge in [0, 0.05) is 29.5 Å². The number of rotatable bonds is 7. The van der Waals surface area contributed by atoms with Crippen LogP contribution < -0.4 is 14.8 Å². The van der Waals surface area contributed by atoms with Crippen molar-refractivity contribution in [2.75, 3.05) is 20.8 Å². The van der Waals surface area contributed by atoms with E-state index in [4.69, 9.17) is 18.9 Å². The molecule has 10 nitrogen and oxygen atoms in total. The summed E-state index contributed by atoms with van der Waals surface area (Å²) in [5.74, 6) is 0.0335. The van der Waals surface area contributed by atoms with Gasteiger partial charge in [-0.15, -0.1) is 6.58 Å². The number of pyridine rings is 1. The Hall–Kier alpha value is -3.82. The summed E-state index contributed by atoms with van der Waals surface area (Å²) < 4.78 is 22.3. The normalized spacial score (nSPS) is 24.5. The molecular weight excluding hydrogens is 490 g/mol. The first kappa shape index (κ1) is 27.2. The summed E-state index contributed by atoms with van der Waals surface area (Å²) in [6.07, 6.45) is 2.73. The lowest BCUT2D eigenvalue weighted by atomic mass is 10.1. The second-order valence-electron chi connectivity index (χ2n) is 10.7. The summed E-state index contributed by atoms with van der Waals surface area (Å²) in [5.41, 5.74) is -0.317. The highest BCUT2D eigenvalue weighted by Crippen LogP contribution is 2.45. The molecule has 1 aromatic heterocycles. The highest BCUT2D eigenvalue weighted by molar-refractivity contribution is 5.95. The average molecular weight is 526 g/mol. The van der Waals surface area contributed by atoms with E-state index >= 15 is 0 Å². The number of fused-ring (bicyclic) bond motifs is 1. The molecule has 0 spiro atoms. The minimum atomic E-state index is -1.18. The molecule has 1 N–H and O–H groups in total. The van der Waals surface area contributed by atoms with Crippen molar-refractivity contribution in [3.8, 4) is 11.5 Å². The van der Waals surface area contributed by atoms with Crippen molar-refractivity contribution in [2.24, 2.45) is 5.92 Å². The predicted molar refractivity (Wildman–Crippen MR) is 140 cm³/mol. The van der Waals surface area contributed by atoms with E-state index < -0.39 is 41.3 Å². The molecule has 1 aliphatic heterocycles. The fraction of sp³-hybridized carbons (Fsp3) is 0.500. The van der Waals surface area contributed by atoms with Gasteiger partial charge in [-0.05, 0) is 52.3 Å². The van der Waals surface area contributed by atoms with E-state index in [1.807, 2.05) is 19.1 Å². The Labute approximate surface area is 222 Å². The molecule has 2 aromatic rings. The number of methoxy groups -OCH3 is 2. The third-order valence-electron chi connectivity index (χ3n) is 6.98. The van der Waals surface area contributed by atoms with Gasteiger partial charge in [0.1, 0.15) is 34.8 Å². The second kappa shape index (κ2) is 10.2. The van der Waals surface area contributed by atoms with Crippen LogP contribution in [0, 0.1) is 12.8 Å². The predicted octanol–water partition coefficient (Wildman–Crippen LogP) is 3.54. The van der Waals surface area contributed by atoms with E-state index in [1.165, 1.54) is 12.0 Å². The van der Waals surface area contributed by atoms with Crippen molar-refractivity contribution in [3.05, 3.63) is 42.6 Å². The fourth-order valence-corrected chi connectivity index (χ4v) is 4.96. The van der Waals surface area contributed by atoms with Gasteiger partial charge in [-0.3, -0.25) is 14.7 Å². The van der Waals surface area contributed by atoms with Crippen LogP contribution in [0.15, 0.2) is 37.1 Å². The highest BCUT2D eigenvalue weighted by Gasteiger charge is 2.62. The topological polar surface area (TPSA) is 116 Å². The van der Waals surface area contributed by atoms with Gasteiger partial charge in [0.05, 0.1) is 26.3 Å². The number of benzene rings is 1. The van der Waals surface area contributed by atoms with Crippen LogP contribution in [0.1, 0.15) is 39.2 Å².